The normalized spacial score (nSPS) is 11.6. The van der Waals surface area contributed by atoms with Crippen molar-refractivity contribution >= 4 is 15.8 Å². The van der Waals surface area contributed by atoms with Crippen LogP contribution in [0.2, 0.25) is 0 Å². The second-order valence-electron chi connectivity index (χ2n) is 4.77. The Hall–Kier alpha value is -2.74. The number of anilines is 1. The molecular formula is C15H11F2N3O2S. The summed E-state index contributed by atoms with van der Waals surface area (Å²) in [5, 5.41) is 3.93. The largest absolute Gasteiger partial charge is 0.383 e. The second-order valence-corrected chi connectivity index (χ2v) is 6.53. The Morgan fingerprint density at radius 2 is 1.65 bits per heavy atom. The van der Waals surface area contributed by atoms with E-state index in [1.165, 1.54) is 24.3 Å². The highest BCUT2D eigenvalue weighted by Gasteiger charge is 2.22. The van der Waals surface area contributed by atoms with Gasteiger partial charge in [-0.1, -0.05) is 12.1 Å². The van der Waals surface area contributed by atoms with E-state index >= 15 is 0 Å². The zero-order valence-corrected chi connectivity index (χ0v) is 12.5. The molecule has 0 saturated carbocycles. The van der Waals surface area contributed by atoms with Crippen molar-refractivity contribution < 1.29 is 17.2 Å². The predicted octanol–water partition coefficient (Wildman–Crippen LogP) is 2.65. The van der Waals surface area contributed by atoms with Crippen molar-refractivity contribution in [1.29, 1.82) is 0 Å². The molecule has 0 saturated heterocycles. The number of rotatable bonds is 3. The first kappa shape index (κ1) is 15.2. The van der Waals surface area contributed by atoms with E-state index in [9.17, 15) is 17.2 Å². The Labute approximate surface area is 131 Å². The van der Waals surface area contributed by atoms with E-state index in [-0.39, 0.29) is 16.4 Å². The van der Waals surface area contributed by atoms with Gasteiger partial charge in [0.2, 0.25) is 0 Å². The number of nitrogen functional groups attached to an aromatic ring is 1. The van der Waals surface area contributed by atoms with Crippen LogP contribution >= 0.6 is 0 Å². The molecule has 5 nitrogen and oxygen atoms in total. The van der Waals surface area contributed by atoms with Crippen LogP contribution < -0.4 is 5.73 Å². The van der Waals surface area contributed by atoms with Crippen LogP contribution in [0.15, 0.2) is 59.5 Å². The molecule has 0 bridgehead atoms. The van der Waals surface area contributed by atoms with E-state index in [4.69, 9.17) is 5.73 Å². The first-order chi connectivity index (χ1) is 10.9. The molecule has 0 aliphatic rings. The number of aromatic nitrogens is 2. The summed E-state index contributed by atoms with van der Waals surface area (Å²) in [6.07, 6.45) is 0. The summed E-state index contributed by atoms with van der Waals surface area (Å²) < 4.78 is 51.9. The van der Waals surface area contributed by atoms with Gasteiger partial charge in [0.15, 0.2) is 0 Å². The van der Waals surface area contributed by atoms with Gasteiger partial charge in [0.25, 0.3) is 10.0 Å². The van der Waals surface area contributed by atoms with E-state index in [2.05, 4.69) is 5.10 Å². The summed E-state index contributed by atoms with van der Waals surface area (Å²) in [7, 11) is -4.06. The monoisotopic (exact) mass is 335 g/mol. The van der Waals surface area contributed by atoms with Crippen molar-refractivity contribution in [2.24, 2.45) is 0 Å². The lowest BCUT2D eigenvalue weighted by Crippen LogP contribution is -2.16. The van der Waals surface area contributed by atoms with Gasteiger partial charge >= 0.3 is 0 Å². The summed E-state index contributed by atoms with van der Waals surface area (Å²) >= 11 is 0. The van der Waals surface area contributed by atoms with Crippen LogP contribution in [0.5, 0.6) is 0 Å². The lowest BCUT2D eigenvalue weighted by atomic mass is 10.1. The maximum Gasteiger partial charge on any atom is 0.284 e. The summed E-state index contributed by atoms with van der Waals surface area (Å²) in [5.41, 5.74) is 6.33. The van der Waals surface area contributed by atoms with Gasteiger partial charge in [0.05, 0.1) is 10.6 Å². The van der Waals surface area contributed by atoms with Gasteiger partial charge in [0.1, 0.15) is 17.5 Å². The average molecular weight is 335 g/mol. The van der Waals surface area contributed by atoms with E-state index in [1.807, 2.05) is 0 Å². The topological polar surface area (TPSA) is 78.0 Å². The highest BCUT2D eigenvalue weighted by molar-refractivity contribution is 7.90. The standard InChI is InChI=1S/C15H11F2N3O2S/c16-11-4-6-13(7-5-11)23(21,22)20-15(18)9-14(19-20)10-2-1-3-12(17)8-10/h1-9H,18H2. The highest BCUT2D eigenvalue weighted by atomic mass is 32.2. The third kappa shape index (κ3) is 2.80. The minimum atomic E-state index is -4.06. The van der Waals surface area contributed by atoms with Gasteiger partial charge in [0, 0.05) is 11.6 Å². The number of nitrogens with two attached hydrogens (primary N) is 1. The molecule has 2 N–H and O–H groups in total. The molecule has 0 spiro atoms. The number of hydrogen-bond acceptors (Lipinski definition) is 4. The number of hydrogen-bond donors (Lipinski definition) is 1. The van der Waals surface area contributed by atoms with E-state index < -0.39 is 21.7 Å². The Morgan fingerprint density at radius 3 is 2.30 bits per heavy atom. The Bertz CT molecular complexity index is 967. The molecule has 1 aromatic heterocycles. The van der Waals surface area contributed by atoms with Crippen LogP contribution in [-0.4, -0.2) is 17.6 Å². The fourth-order valence-corrected chi connectivity index (χ4v) is 3.27. The van der Waals surface area contributed by atoms with Gasteiger partial charge in [-0.3, -0.25) is 0 Å². The summed E-state index contributed by atoms with van der Waals surface area (Å²) in [4.78, 5) is -0.153. The van der Waals surface area contributed by atoms with Crippen molar-refractivity contribution in [3.63, 3.8) is 0 Å². The SMILES string of the molecule is Nc1cc(-c2cccc(F)c2)nn1S(=O)(=O)c1ccc(F)cc1. The van der Waals surface area contributed by atoms with Crippen LogP contribution in [-0.2, 0) is 10.0 Å². The number of halogens is 2. The van der Waals surface area contributed by atoms with Crippen LogP contribution in [0.4, 0.5) is 14.6 Å². The quantitative estimate of drug-likeness (QED) is 0.798. The van der Waals surface area contributed by atoms with E-state index in [0.29, 0.717) is 9.65 Å². The lowest BCUT2D eigenvalue weighted by Gasteiger charge is -2.05. The summed E-state index contributed by atoms with van der Waals surface area (Å²) in [6, 6.07) is 11.2. The van der Waals surface area contributed by atoms with E-state index in [0.717, 1.165) is 24.3 Å². The van der Waals surface area contributed by atoms with Crippen molar-refractivity contribution in [3.05, 3.63) is 66.2 Å². The lowest BCUT2D eigenvalue weighted by molar-refractivity contribution is 0.580. The maximum atomic E-state index is 13.3. The Morgan fingerprint density at radius 1 is 0.957 bits per heavy atom. The molecule has 0 unspecified atom stereocenters. The maximum absolute atomic E-state index is 13.3. The summed E-state index contributed by atoms with van der Waals surface area (Å²) in [6.45, 7) is 0. The molecule has 0 amide bonds. The predicted molar refractivity (Wildman–Crippen MR) is 81.0 cm³/mol. The molecule has 0 radical (unpaired) electrons. The number of nitrogens with zero attached hydrogens (tertiary/aromatic N) is 2. The van der Waals surface area contributed by atoms with Crippen molar-refractivity contribution in [2.45, 2.75) is 4.90 Å². The molecule has 1 heterocycles. The molecule has 0 aliphatic carbocycles. The van der Waals surface area contributed by atoms with Crippen LogP contribution in [0, 0.1) is 11.6 Å². The molecular weight excluding hydrogens is 324 g/mol. The molecule has 0 atom stereocenters. The van der Waals surface area contributed by atoms with E-state index in [1.54, 1.807) is 6.07 Å². The van der Waals surface area contributed by atoms with Crippen molar-refractivity contribution in [1.82, 2.24) is 9.19 Å². The minimum absolute atomic E-state index is 0.131. The van der Waals surface area contributed by atoms with Gasteiger partial charge in [-0.2, -0.15) is 13.5 Å². The highest BCUT2D eigenvalue weighted by Crippen LogP contribution is 2.24. The zero-order chi connectivity index (χ0) is 16.6. The van der Waals surface area contributed by atoms with Gasteiger partial charge in [-0.05, 0) is 36.4 Å². The molecule has 3 rings (SSSR count). The average Bonchev–Trinajstić information content (AvgIpc) is 2.90. The smallest absolute Gasteiger partial charge is 0.284 e. The first-order valence-electron chi connectivity index (χ1n) is 6.50. The van der Waals surface area contributed by atoms with Gasteiger partial charge < -0.3 is 5.73 Å². The van der Waals surface area contributed by atoms with Crippen molar-refractivity contribution in [3.8, 4) is 11.3 Å². The third-order valence-electron chi connectivity index (χ3n) is 3.16. The molecule has 118 valence electrons. The second kappa shape index (κ2) is 5.47. The molecule has 0 aliphatic heterocycles. The van der Waals surface area contributed by atoms with Crippen LogP contribution in [0.25, 0.3) is 11.3 Å². The van der Waals surface area contributed by atoms with Crippen molar-refractivity contribution in [2.75, 3.05) is 5.73 Å². The van der Waals surface area contributed by atoms with Crippen LogP contribution in [0.1, 0.15) is 0 Å². The molecule has 3 aromatic rings. The Balaban J connectivity index is 2.09. The van der Waals surface area contributed by atoms with Crippen LogP contribution in [0.3, 0.4) is 0 Å². The molecule has 2 aromatic carbocycles. The number of benzene rings is 2. The first-order valence-corrected chi connectivity index (χ1v) is 7.94. The third-order valence-corrected chi connectivity index (χ3v) is 4.78. The van der Waals surface area contributed by atoms with Gasteiger partial charge in [-0.25, -0.2) is 8.78 Å². The zero-order valence-electron chi connectivity index (χ0n) is 11.6. The fraction of sp³-hybridized carbons (Fsp3) is 0. The minimum Gasteiger partial charge on any atom is -0.383 e. The Kier molecular flexibility index (Phi) is 3.61. The molecule has 0 fully saturated rings. The molecule has 8 heteroatoms. The molecule has 23 heavy (non-hydrogen) atoms. The fourth-order valence-electron chi connectivity index (χ4n) is 2.07. The van der Waals surface area contributed by atoms with Gasteiger partial charge in [-0.15, -0.1) is 4.09 Å². The summed E-state index contributed by atoms with van der Waals surface area (Å²) in [5.74, 6) is -1.16.